The number of amides is 1. The van der Waals surface area contributed by atoms with Crippen molar-refractivity contribution in [1.29, 1.82) is 0 Å². The molecule has 1 fully saturated rings. The summed E-state index contributed by atoms with van der Waals surface area (Å²) in [6, 6.07) is 9.41. The zero-order valence-corrected chi connectivity index (χ0v) is 14.5. The van der Waals surface area contributed by atoms with Crippen LogP contribution in [0, 0.1) is 5.82 Å². The van der Waals surface area contributed by atoms with E-state index in [0.717, 1.165) is 24.0 Å². The van der Waals surface area contributed by atoms with E-state index in [2.05, 4.69) is 15.0 Å². The summed E-state index contributed by atoms with van der Waals surface area (Å²) in [5.74, 6) is -0.254. The average Bonchev–Trinajstić information content (AvgIpc) is 3.18. The molecule has 3 aromatic rings. The van der Waals surface area contributed by atoms with Crippen molar-refractivity contribution in [2.45, 2.75) is 18.9 Å². The number of carbonyl (C=O) groups is 1. The molecule has 0 unspecified atom stereocenters. The van der Waals surface area contributed by atoms with Gasteiger partial charge in [0, 0.05) is 30.7 Å². The highest BCUT2D eigenvalue weighted by Crippen LogP contribution is 2.37. The van der Waals surface area contributed by atoms with Crippen LogP contribution in [0.15, 0.2) is 55.0 Å². The van der Waals surface area contributed by atoms with Crippen LogP contribution < -0.4 is 5.73 Å². The van der Waals surface area contributed by atoms with Crippen LogP contribution in [0.5, 0.6) is 0 Å². The Balaban J connectivity index is 1.74. The van der Waals surface area contributed by atoms with Gasteiger partial charge in [0.1, 0.15) is 5.82 Å². The van der Waals surface area contributed by atoms with Gasteiger partial charge in [-0.1, -0.05) is 12.1 Å². The fraction of sp³-hybridized carbons (Fsp3) is 0.200. The standard InChI is InChI=1S/C20H18FN5O/c21-15-7-5-13(6-8-15)16-12-24-20(22)25-18(16)17-4-2-10-26(17)19(27)14-3-1-9-23-11-14/h1,3,5-9,11-12,17H,2,4,10H2,(H2,22,24,25)/t17-/m1/s1. The molecule has 27 heavy (non-hydrogen) atoms. The summed E-state index contributed by atoms with van der Waals surface area (Å²) in [4.78, 5) is 27.3. The minimum absolute atomic E-state index is 0.0900. The third-order valence-corrected chi connectivity index (χ3v) is 4.73. The van der Waals surface area contributed by atoms with Gasteiger partial charge in [0.25, 0.3) is 5.91 Å². The van der Waals surface area contributed by atoms with Gasteiger partial charge in [0.05, 0.1) is 17.3 Å². The number of benzene rings is 1. The molecule has 6 nitrogen and oxygen atoms in total. The van der Waals surface area contributed by atoms with Crippen molar-refractivity contribution in [3.8, 4) is 11.1 Å². The maximum Gasteiger partial charge on any atom is 0.255 e. The van der Waals surface area contributed by atoms with E-state index >= 15 is 0 Å². The van der Waals surface area contributed by atoms with Crippen LogP contribution in [0.1, 0.15) is 34.9 Å². The Bertz CT molecular complexity index is 962. The maximum absolute atomic E-state index is 13.3. The van der Waals surface area contributed by atoms with Gasteiger partial charge in [-0.2, -0.15) is 0 Å². The molecule has 7 heteroatoms. The lowest BCUT2D eigenvalue weighted by atomic mass is 9.99. The first-order valence-corrected chi connectivity index (χ1v) is 8.73. The molecular weight excluding hydrogens is 345 g/mol. The third-order valence-electron chi connectivity index (χ3n) is 4.73. The molecule has 1 saturated heterocycles. The number of nitrogen functional groups attached to an aromatic ring is 1. The lowest BCUT2D eigenvalue weighted by Gasteiger charge is -2.26. The van der Waals surface area contributed by atoms with Gasteiger partial charge < -0.3 is 10.6 Å². The van der Waals surface area contributed by atoms with Crippen molar-refractivity contribution in [1.82, 2.24) is 19.9 Å². The fourth-order valence-electron chi connectivity index (χ4n) is 3.46. The number of halogens is 1. The second-order valence-electron chi connectivity index (χ2n) is 6.43. The molecule has 4 rings (SSSR count). The lowest BCUT2D eigenvalue weighted by molar-refractivity contribution is 0.0733. The molecule has 0 saturated carbocycles. The minimum Gasteiger partial charge on any atom is -0.368 e. The molecule has 0 bridgehead atoms. The number of hydrogen-bond donors (Lipinski definition) is 1. The van der Waals surface area contributed by atoms with E-state index in [-0.39, 0.29) is 23.7 Å². The zero-order valence-electron chi connectivity index (χ0n) is 14.5. The monoisotopic (exact) mass is 363 g/mol. The molecule has 0 radical (unpaired) electrons. The fourth-order valence-corrected chi connectivity index (χ4v) is 3.46. The highest BCUT2D eigenvalue weighted by Gasteiger charge is 2.33. The van der Waals surface area contributed by atoms with Gasteiger partial charge in [-0.05, 0) is 42.7 Å². The molecule has 1 aliphatic rings. The minimum atomic E-state index is -0.314. The van der Waals surface area contributed by atoms with Gasteiger partial charge in [-0.3, -0.25) is 9.78 Å². The van der Waals surface area contributed by atoms with Crippen LogP contribution in [0.3, 0.4) is 0 Å². The largest absolute Gasteiger partial charge is 0.368 e. The molecule has 2 N–H and O–H groups in total. The van der Waals surface area contributed by atoms with E-state index in [1.807, 2.05) is 0 Å². The predicted molar refractivity (Wildman–Crippen MR) is 99.1 cm³/mol. The Labute approximate surface area is 155 Å². The zero-order chi connectivity index (χ0) is 18.8. The molecular formula is C20H18FN5O. The summed E-state index contributed by atoms with van der Waals surface area (Å²) < 4.78 is 13.3. The Morgan fingerprint density at radius 1 is 1.19 bits per heavy atom. The van der Waals surface area contributed by atoms with Crippen LogP contribution in [-0.2, 0) is 0 Å². The molecule has 1 aliphatic heterocycles. The SMILES string of the molecule is Nc1ncc(-c2ccc(F)cc2)c([C@H]2CCCN2C(=O)c2cccnc2)n1. The van der Waals surface area contributed by atoms with Crippen LogP contribution in [0.4, 0.5) is 10.3 Å². The summed E-state index contributed by atoms with van der Waals surface area (Å²) in [5, 5.41) is 0. The Morgan fingerprint density at radius 2 is 2.00 bits per heavy atom. The van der Waals surface area contributed by atoms with Crippen molar-refractivity contribution >= 4 is 11.9 Å². The molecule has 0 aliphatic carbocycles. The predicted octanol–water partition coefficient (Wildman–Crippen LogP) is 3.24. The maximum atomic E-state index is 13.3. The summed E-state index contributed by atoms with van der Waals surface area (Å²) in [6.45, 7) is 0.630. The molecule has 1 atom stereocenters. The van der Waals surface area contributed by atoms with E-state index in [4.69, 9.17) is 5.73 Å². The normalized spacial score (nSPS) is 16.5. The van der Waals surface area contributed by atoms with Crippen molar-refractivity contribution in [3.63, 3.8) is 0 Å². The molecule has 136 valence electrons. The summed E-state index contributed by atoms with van der Waals surface area (Å²) >= 11 is 0. The van der Waals surface area contributed by atoms with Gasteiger partial charge >= 0.3 is 0 Å². The van der Waals surface area contributed by atoms with Crippen LogP contribution in [-0.4, -0.2) is 32.3 Å². The Kier molecular flexibility index (Phi) is 4.50. The number of pyridine rings is 1. The number of nitrogens with two attached hydrogens (primary N) is 1. The van der Waals surface area contributed by atoms with Crippen LogP contribution >= 0.6 is 0 Å². The summed E-state index contributed by atoms with van der Waals surface area (Å²) in [5.41, 5.74) is 8.59. The number of likely N-dealkylation sites (tertiary alicyclic amines) is 1. The Morgan fingerprint density at radius 3 is 2.74 bits per heavy atom. The van der Waals surface area contributed by atoms with E-state index < -0.39 is 0 Å². The number of hydrogen-bond acceptors (Lipinski definition) is 5. The third kappa shape index (κ3) is 3.36. The number of carbonyl (C=O) groups excluding carboxylic acids is 1. The van der Waals surface area contributed by atoms with E-state index in [0.29, 0.717) is 17.8 Å². The van der Waals surface area contributed by atoms with E-state index in [1.54, 1.807) is 47.8 Å². The topological polar surface area (TPSA) is 85.0 Å². The quantitative estimate of drug-likeness (QED) is 0.772. The molecule has 3 heterocycles. The lowest BCUT2D eigenvalue weighted by Crippen LogP contribution is -2.31. The second-order valence-corrected chi connectivity index (χ2v) is 6.43. The summed E-state index contributed by atoms with van der Waals surface area (Å²) in [6.07, 6.45) is 6.47. The number of aromatic nitrogens is 3. The van der Waals surface area contributed by atoms with Gasteiger partial charge in [0.15, 0.2) is 0 Å². The first-order valence-electron chi connectivity index (χ1n) is 8.73. The van der Waals surface area contributed by atoms with Crippen LogP contribution in [0.2, 0.25) is 0 Å². The molecule has 1 amide bonds. The van der Waals surface area contributed by atoms with Crippen molar-refractivity contribution in [3.05, 3.63) is 72.1 Å². The number of rotatable bonds is 3. The van der Waals surface area contributed by atoms with Gasteiger partial charge in [-0.25, -0.2) is 14.4 Å². The highest BCUT2D eigenvalue weighted by molar-refractivity contribution is 5.94. The molecule has 2 aromatic heterocycles. The highest BCUT2D eigenvalue weighted by atomic mass is 19.1. The van der Waals surface area contributed by atoms with Crippen molar-refractivity contribution in [2.75, 3.05) is 12.3 Å². The van der Waals surface area contributed by atoms with Crippen LogP contribution in [0.25, 0.3) is 11.1 Å². The van der Waals surface area contributed by atoms with Crippen molar-refractivity contribution in [2.24, 2.45) is 0 Å². The number of nitrogens with zero attached hydrogens (tertiary/aromatic N) is 4. The first-order chi connectivity index (χ1) is 13.1. The summed E-state index contributed by atoms with van der Waals surface area (Å²) in [7, 11) is 0. The Hall–Kier alpha value is -3.35. The van der Waals surface area contributed by atoms with E-state index in [1.165, 1.54) is 12.1 Å². The van der Waals surface area contributed by atoms with Crippen molar-refractivity contribution < 1.29 is 9.18 Å². The van der Waals surface area contributed by atoms with Gasteiger partial charge in [0.2, 0.25) is 5.95 Å². The smallest absolute Gasteiger partial charge is 0.255 e. The second kappa shape index (κ2) is 7.11. The van der Waals surface area contributed by atoms with Gasteiger partial charge in [-0.15, -0.1) is 0 Å². The number of anilines is 1. The first kappa shape index (κ1) is 17.1. The molecule has 1 aromatic carbocycles. The molecule has 0 spiro atoms. The van der Waals surface area contributed by atoms with E-state index in [9.17, 15) is 9.18 Å². The average molecular weight is 363 g/mol.